The van der Waals surface area contributed by atoms with Gasteiger partial charge in [-0.3, -0.25) is 4.79 Å². The van der Waals surface area contributed by atoms with Gasteiger partial charge in [-0.1, -0.05) is 335 Å². The second kappa shape index (κ2) is 67.9. The van der Waals surface area contributed by atoms with E-state index in [2.05, 4.69) is 116 Å². The molecule has 0 aromatic rings. The minimum atomic E-state index is -1.98. The second-order valence-corrected chi connectivity index (χ2v) is 30.3. The molecule has 108 heavy (non-hydrogen) atoms. The molecule has 3 fully saturated rings. The molecule has 17 atom stereocenters. The van der Waals surface area contributed by atoms with E-state index in [0.717, 1.165) is 109 Å². The normalized spacial score (nSPS) is 26.0. The van der Waals surface area contributed by atoms with Gasteiger partial charge >= 0.3 is 0 Å². The van der Waals surface area contributed by atoms with Crippen molar-refractivity contribution in [2.75, 3.05) is 26.4 Å². The number of carbonyl (C=O) groups excluding carboxylic acids is 1. The Morgan fingerprint density at radius 1 is 0.343 bits per heavy atom. The standard InChI is InChI=1S/C89H155NO18/c1-3-5-7-9-11-13-15-17-19-21-23-25-27-29-31-33-34-35-36-37-38-39-41-43-45-47-49-51-53-55-57-59-61-63-65-67-77(95)90-72(73(94)66-64-62-60-58-56-54-52-50-48-46-44-42-40-32-30-28-26-24-22-20-18-16-14-12-10-8-6-4-2)71-103-87-83(101)80(98)85(75(69-92)105-87)108-89-84(102)81(99)86(76(70-93)106-89)107-88-82(100)79(97)78(96)74(68-91)104-88/h5,7,11,13,17,19,23,25,29,31,34-35,37-38,41,43,64,66,72-76,78-89,91-94,96-102H,3-4,6,8-10,12,14-16,18,20-22,24,26-28,30,32-33,36,39-40,42,44-63,65,67-71H2,1-2H3,(H,90,95)/b7-5-,13-11-,19-17-,25-23-,31-29-,35-34-,38-37-,43-41-,66-64+. The highest BCUT2D eigenvalue weighted by molar-refractivity contribution is 5.76. The van der Waals surface area contributed by atoms with Crippen molar-refractivity contribution in [1.82, 2.24) is 5.32 Å². The average Bonchev–Trinajstić information content (AvgIpc) is 0.774. The van der Waals surface area contributed by atoms with Crippen LogP contribution >= 0.6 is 0 Å². The van der Waals surface area contributed by atoms with Crippen LogP contribution in [0.2, 0.25) is 0 Å². The fourth-order valence-corrected chi connectivity index (χ4v) is 14.0. The number of nitrogens with one attached hydrogen (secondary N) is 1. The molecule has 0 spiro atoms. The summed E-state index contributed by atoms with van der Waals surface area (Å²) in [6.45, 7) is 1.65. The van der Waals surface area contributed by atoms with Gasteiger partial charge in [0.1, 0.15) is 73.2 Å². The molecule has 0 aliphatic carbocycles. The number of aliphatic hydroxyl groups is 11. The van der Waals surface area contributed by atoms with Crippen LogP contribution in [0.3, 0.4) is 0 Å². The molecule has 0 aromatic carbocycles. The van der Waals surface area contributed by atoms with Crippen molar-refractivity contribution in [3.8, 4) is 0 Å². The maximum absolute atomic E-state index is 13.5. The Morgan fingerprint density at radius 2 is 0.639 bits per heavy atom. The molecule has 624 valence electrons. The minimum Gasteiger partial charge on any atom is -0.394 e. The van der Waals surface area contributed by atoms with Crippen molar-refractivity contribution >= 4 is 5.91 Å². The highest BCUT2D eigenvalue weighted by Crippen LogP contribution is 2.33. The third kappa shape index (κ3) is 46.6. The van der Waals surface area contributed by atoms with Gasteiger partial charge < -0.3 is 89.9 Å². The van der Waals surface area contributed by atoms with E-state index in [9.17, 15) is 61.0 Å². The molecule has 3 rings (SSSR count). The quantitative estimate of drug-likeness (QED) is 0.0199. The molecule has 3 saturated heterocycles. The van der Waals surface area contributed by atoms with Gasteiger partial charge in [0.25, 0.3) is 0 Å². The number of hydrogen-bond donors (Lipinski definition) is 12. The molecule has 3 aliphatic heterocycles. The Labute approximate surface area is 653 Å². The lowest BCUT2D eigenvalue weighted by Gasteiger charge is -2.48. The Balaban J connectivity index is 1.36. The van der Waals surface area contributed by atoms with Crippen LogP contribution in [0.25, 0.3) is 0 Å². The summed E-state index contributed by atoms with van der Waals surface area (Å²) in [7, 11) is 0. The Kier molecular flexibility index (Phi) is 62.0. The summed E-state index contributed by atoms with van der Waals surface area (Å²) in [5, 5.41) is 121. The maximum Gasteiger partial charge on any atom is 0.220 e. The summed E-state index contributed by atoms with van der Waals surface area (Å²) in [5.41, 5.74) is 0. The lowest BCUT2D eigenvalue weighted by Crippen LogP contribution is -2.66. The monoisotopic (exact) mass is 1530 g/mol. The number of unbranched alkanes of at least 4 members (excludes halogenated alkanes) is 36. The minimum absolute atomic E-state index is 0.232. The predicted octanol–water partition coefficient (Wildman–Crippen LogP) is 15.7. The van der Waals surface area contributed by atoms with Gasteiger partial charge in [-0.15, -0.1) is 0 Å². The van der Waals surface area contributed by atoms with Crippen LogP contribution in [-0.2, 0) is 33.2 Å². The number of allylic oxidation sites excluding steroid dienone is 17. The van der Waals surface area contributed by atoms with E-state index in [1.54, 1.807) is 6.08 Å². The molecule has 19 nitrogen and oxygen atoms in total. The first-order chi connectivity index (χ1) is 52.8. The first-order valence-corrected chi connectivity index (χ1v) is 43.1. The third-order valence-corrected chi connectivity index (χ3v) is 20.8. The van der Waals surface area contributed by atoms with Crippen LogP contribution in [0.5, 0.6) is 0 Å². The summed E-state index contributed by atoms with van der Waals surface area (Å²) in [6, 6.07) is -0.985. The van der Waals surface area contributed by atoms with Gasteiger partial charge in [0.15, 0.2) is 18.9 Å². The van der Waals surface area contributed by atoms with Crippen LogP contribution in [0, 0.1) is 0 Å². The fourth-order valence-electron chi connectivity index (χ4n) is 14.0. The van der Waals surface area contributed by atoms with Crippen molar-refractivity contribution in [2.24, 2.45) is 0 Å². The van der Waals surface area contributed by atoms with Crippen LogP contribution in [0.1, 0.15) is 316 Å². The van der Waals surface area contributed by atoms with Gasteiger partial charge in [-0.05, 0) is 83.5 Å². The van der Waals surface area contributed by atoms with Gasteiger partial charge in [0.2, 0.25) is 5.91 Å². The van der Waals surface area contributed by atoms with Crippen LogP contribution < -0.4 is 5.32 Å². The molecule has 19 heteroatoms. The van der Waals surface area contributed by atoms with E-state index >= 15 is 0 Å². The highest BCUT2D eigenvalue weighted by atomic mass is 16.8. The predicted molar refractivity (Wildman–Crippen MR) is 434 cm³/mol. The van der Waals surface area contributed by atoms with Crippen molar-refractivity contribution in [1.29, 1.82) is 0 Å². The highest BCUT2D eigenvalue weighted by Gasteiger charge is 2.54. The zero-order valence-corrected chi connectivity index (χ0v) is 67.0. The zero-order valence-electron chi connectivity index (χ0n) is 67.0. The molecule has 0 bridgehead atoms. The van der Waals surface area contributed by atoms with Gasteiger partial charge in [0, 0.05) is 6.42 Å². The molecular weight excluding hydrogens is 1370 g/mol. The van der Waals surface area contributed by atoms with Gasteiger partial charge in [-0.25, -0.2) is 0 Å². The number of carbonyl (C=O) groups is 1. The van der Waals surface area contributed by atoms with E-state index in [-0.39, 0.29) is 18.9 Å². The van der Waals surface area contributed by atoms with Gasteiger partial charge in [-0.2, -0.15) is 0 Å². The number of amides is 1. The summed E-state index contributed by atoms with van der Waals surface area (Å²) in [5.74, 6) is -0.281. The third-order valence-electron chi connectivity index (χ3n) is 20.8. The van der Waals surface area contributed by atoms with E-state index in [1.807, 2.05) is 6.08 Å². The first kappa shape index (κ1) is 98.6. The summed E-state index contributed by atoms with van der Waals surface area (Å²) in [6.07, 6.45) is 67.8. The van der Waals surface area contributed by atoms with E-state index < -0.39 is 124 Å². The molecular formula is C89H155NO18. The Morgan fingerprint density at radius 3 is 1.00 bits per heavy atom. The molecule has 12 N–H and O–H groups in total. The summed E-state index contributed by atoms with van der Waals surface area (Å²) >= 11 is 0. The number of hydrogen-bond acceptors (Lipinski definition) is 18. The van der Waals surface area contributed by atoms with Crippen molar-refractivity contribution in [3.05, 3.63) is 109 Å². The summed E-state index contributed by atoms with van der Waals surface area (Å²) in [4.78, 5) is 13.5. The molecule has 17 unspecified atom stereocenters. The topological polar surface area (TPSA) is 307 Å². The van der Waals surface area contributed by atoms with Crippen molar-refractivity contribution < 1.29 is 89.4 Å². The molecule has 3 aliphatic rings. The lowest BCUT2D eigenvalue weighted by molar-refractivity contribution is -0.379. The van der Waals surface area contributed by atoms with Crippen molar-refractivity contribution in [3.63, 3.8) is 0 Å². The number of aliphatic hydroxyl groups excluding tert-OH is 11. The first-order valence-electron chi connectivity index (χ1n) is 43.1. The van der Waals surface area contributed by atoms with Crippen LogP contribution in [0.4, 0.5) is 0 Å². The van der Waals surface area contributed by atoms with Crippen LogP contribution in [-0.4, -0.2) is 193 Å². The molecule has 0 aromatic heterocycles. The maximum atomic E-state index is 13.5. The molecule has 1 amide bonds. The van der Waals surface area contributed by atoms with E-state index in [0.29, 0.717) is 6.42 Å². The van der Waals surface area contributed by atoms with Gasteiger partial charge in [0.05, 0.1) is 38.6 Å². The SMILES string of the molecule is CC/C=C\C/C=C\C/C=C\C/C=C\C/C=C\C/C=C\C/C=C\C/C=C\CCCCCCCCCCCCC(=O)NC(COC1OC(CO)C(OC2OC(CO)C(OC3OC(CO)C(O)C(O)C3O)C(O)C2O)C(O)C1O)C(O)/C=C/CCCCCCCCCCCCCCCCCCCCCCCCCCCC. The zero-order chi connectivity index (χ0) is 78.1. The molecule has 3 heterocycles. The van der Waals surface area contributed by atoms with Crippen molar-refractivity contribution in [2.45, 2.75) is 420 Å². The Bertz CT molecular complexity index is 2380. The second-order valence-electron chi connectivity index (χ2n) is 30.3. The van der Waals surface area contributed by atoms with E-state index in [1.165, 1.54) is 180 Å². The smallest absolute Gasteiger partial charge is 0.220 e. The molecule has 0 saturated carbocycles. The number of ether oxygens (including phenoxy) is 6. The van der Waals surface area contributed by atoms with E-state index in [4.69, 9.17) is 28.4 Å². The number of rotatable bonds is 68. The lowest BCUT2D eigenvalue weighted by atomic mass is 9.96. The summed E-state index contributed by atoms with van der Waals surface area (Å²) < 4.78 is 34.5. The van der Waals surface area contributed by atoms with Crippen LogP contribution in [0.15, 0.2) is 109 Å². The largest absolute Gasteiger partial charge is 0.394 e. The Hall–Kier alpha value is -3.55. The fraction of sp³-hybridized carbons (Fsp3) is 0.787. The average molecular weight is 1530 g/mol. The molecule has 0 radical (unpaired) electrons.